The van der Waals surface area contributed by atoms with Crippen LogP contribution in [0, 0.1) is 11.6 Å². The summed E-state index contributed by atoms with van der Waals surface area (Å²) in [6.45, 7) is 20.0. The van der Waals surface area contributed by atoms with Gasteiger partial charge in [-0.2, -0.15) is 0 Å². The predicted molar refractivity (Wildman–Crippen MR) is 152 cm³/mol. The van der Waals surface area contributed by atoms with Crippen molar-refractivity contribution in [3.05, 3.63) is 85.0 Å². The van der Waals surface area contributed by atoms with Crippen molar-refractivity contribution >= 4 is 37.3 Å². The Bertz CT molecular complexity index is 934. The van der Waals surface area contributed by atoms with Crippen molar-refractivity contribution in [2.45, 2.75) is 26.5 Å². The summed E-state index contributed by atoms with van der Waals surface area (Å²) >= 11 is 0. The Morgan fingerprint density at radius 1 is 0.914 bits per heavy atom. The highest BCUT2D eigenvalue weighted by molar-refractivity contribution is 6.52. The lowest BCUT2D eigenvalue weighted by atomic mass is 9.73. The minimum absolute atomic E-state index is 0.212. The summed E-state index contributed by atoms with van der Waals surface area (Å²) in [5.74, 6) is -0.444. The van der Waals surface area contributed by atoms with Crippen LogP contribution in [0.4, 0.5) is 8.78 Å². The van der Waals surface area contributed by atoms with Gasteiger partial charge in [0.05, 0.1) is 0 Å². The zero-order chi connectivity index (χ0) is 26.1. The molecule has 0 aliphatic heterocycles. The van der Waals surface area contributed by atoms with E-state index < -0.39 is 0 Å². The van der Waals surface area contributed by atoms with Crippen LogP contribution in [0.25, 0.3) is 11.8 Å². The van der Waals surface area contributed by atoms with E-state index in [4.69, 9.17) is 0 Å². The Balaban J connectivity index is 0.000000462. The Hall–Kier alpha value is -2.63. The third-order valence-corrected chi connectivity index (χ3v) is 5.39. The van der Waals surface area contributed by atoms with Gasteiger partial charge in [-0.3, -0.25) is 4.90 Å². The maximum Gasteiger partial charge on any atom is 0.148 e. The van der Waals surface area contributed by atoms with Crippen molar-refractivity contribution in [3.8, 4) is 0 Å². The second-order valence-corrected chi connectivity index (χ2v) is 8.18. The number of nitrogens with one attached hydrogen (secondary N) is 2. The van der Waals surface area contributed by atoms with E-state index in [0.717, 1.165) is 73.3 Å². The molecule has 35 heavy (non-hydrogen) atoms. The molecule has 0 spiro atoms. The highest BCUT2D eigenvalue weighted by atomic mass is 19.1. The van der Waals surface area contributed by atoms with E-state index in [1.807, 2.05) is 53.5 Å². The van der Waals surface area contributed by atoms with Crippen LogP contribution in [0.2, 0.25) is 13.6 Å². The summed E-state index contributed by atoms with van der Waals surface area (Å²) in [5.41, 5.74) is 4.15. The molecule has 3 nitrogen and oxygen atoms in total. The van der Waals surface area contributed by atoms with E-state index in [0.29, 0.717) is 0 Å². The van der Waals surface area contributed by atoms with Crippen LogP contribution in [0.5, 0.6) is 0 Å². The predicted octanol–water partition coefficient (Wildman–Crippen LogP) is 4.10. The third kappa shape index (κ3) is 12.6. The molecule has 2 radical (unpaired) electrons. The van der Waals surface area contributed by atoms with Crippen LogP contribution in [0.3, 0.4) is 0 Å². The molecular formula is C28H39B2F2N3. The lowest BCUT2D eigenvalue weighted by Crippen LogP contribution is -2.30. The maximum atomic E-state index is 13.6. The van der Waals surface area contributed by atoms with E-state index >= 15 is 0 Å². The minimum atomic E-state index is -0.231. The monoisotopic (exact) mass is 477 g/mol. The Labute approximate surface area is 212 Å². The van der Waals surface area contributed by atoms with Crippen LogP contribution in [0.1, 0.15) is 24.0 Å². The van der Waals surface area contributed by atoms with Crippen molar-refractivity contribution in [2.75, 3.05) is 39.8 Å². The number of rotatable bonds is 15. The molecule has 0 aromatic heterocycles. The molecule has 2 N–H and O–H groups in total. The molecule has 0 aliphatic carbocycles. The third-order valence-electron chi connectivity index (χ3n) is 5.39. The lowest BCUT2D eigenvalue weighted by Gasteiger charge is -2.21. The molecule has 0 aliphatic rings. The van der Waals surface area contributed by atoms with Gasteiger partial charge in [-0.1, -0.05) is 62.0 Å². The number of hydrogen-bond acceptors (Lipinski definition) is 3. The van der Waals surface area contributed by atoms with Crippen LogP contribution in [0.15, 0.2) is 62.2 Å². The second-order valence-electron chi connectivity index (χ2n) is 8.18. The smallest absolute Gasteiger partial charge is 0.148 e. The molecule has 186 valence electrons. The fourth-order valence-corrected chi connectivity index (χ4v) is 3.47. The molecule has 0 saturated carbocycles. The average molecular weight is 477 g/mol. The quantitative estimate of drug-likeness (QED) is 0.230. The van der Waals surface area contributed by atoms with E-state index in [1.54, 1.807) is 6.08 Å². The van der Waals surface area contributed by atoms with E-state index in [-0.39, 0.29) is 11.6 Å². The molecule has 0 atom stereocenters. The summed E-state index contributed by atoms with van der Waals surface area (Å²) in [4.78, 5) is 2.39. The first-order valence-corrected chi connectivity index (χ1v) is 12.1. The molecule has 2 aromatic rings. The topological polar surface area (TPSA) is 27.3 Å². The summed E-state index contributed by atoms with van der Waals surface area (Å²) < 4.78 is 26.3. The van der Waals surface area contributed by atoms with Gasteiger partial charge in [0, 0.05) is 25.3 Å². The molecule has 0 saturated heterocycles. The van der Waals surface area contributed by atoms with Crippen molar-refractivity contribution in [1.29, 1.82) is 0 Å². The molecule has 7 heteroatoms. The molecule has 2 aromatic carbocycles. The van der Waals surface area contributed by atoms with E-state index in [1.165, 1.54) is 24.3 Å². The van der Waals surface area contributed by atoms with Crippen LogP contribution < -0.4 is 21.6 Å². The normalized spacial score (nSPS) is 10.2. The summed E-state index contributed by atoms with van der Waals surface area (Å²) in [5, 5.41) is 6.47. The van der Waals surface area contributed by atoms with Crippen LogP contribution >= 0.6 is 0 Å². The van der Waals surface area contributed by atoms with Gasteiger partial charge < -0.3 is 10.6 Å². The van der Waals surface area contributed by atoms with Gasteiger partial charge in [0.15, 0.2) is 0 Å². The van der Waals surface area contributed by atoms with Gasteiger partial charge in [-0.15, -0.1) is 6.58 Å². The summed E-state index contributed by atoms with van der Waals surface area (Å²) in [6, 6.07) is 9.82. The van der Waals surface area contributed by atoms with Gasteiger partial charge in [0.2, 0.25) is 0 Å². The number of hydrogen-bond donors (Lipinski definition) is 2. The maximum absolute atomic E-state index is 13.6. The first kappa shape index (κ1) is 30.4. The second kappa shape index (κ2) is 17.8. The SMILES string of the molecule is C=CCN(CCCNC)CCCNC(=C)c1cc(F)cc([B]C)c1.C=Cc1cc(F)cc([B]C)c1. The summed E-state index contributed by atoms with van der Waals surface area (Å²) in [6.07, 6.45) is 5.72. The molecule has 0 unspecified atom stereocenters. The molecular weight excluding hydrogens is 438 g/mol. The van der Waals surface area contributed by atoms with Crippen LogP contribution in [-0.2, 0) is 0 Å². The zero-order valence-corrected chi connectivity index (χ0v) is 21.5. The van der Waals surface area contributed by atoms with Gasteiger partial charge in [0.1, 0.15) is 26.2 Å². The number of halogens is 2. The number of benzene rings is 2. The highest BCUT2D eigenvalue weighted by Gasteiger charge is 2.05. The van der Waals surface area contributed by atoms with Crippen molar-refractivity contribution in [1.82, 2.24) is 15.5 Å². The standard InChI is InChI=1S/C19H30BFN3.C9H9BF/c1-5-10-24(11-6-8-22-4)12-7-9-23-16(2)17-13-18(20-3)15-19(21)14-17;1-3-7-4-8(10-2)6-9(11)5-7/h5,13-15,22-23H,1-2,6-12H2,3-4H3;3-6H,1H2,2H3. The van der Waals surface area contributed by atoms with Gasteiger partial charge >= 0.3 is 0 Å². The Kier molecular flexibility index (Phi) is 15.4. The Morgan fingerprint density at radius 2 is 1.51 bits per heavy atom. The molecule has 2 rings (SSSR count). The largest absolute Gasteiger partial charge is 0.385 e. The zero-order valence-electron chi connectivity index (χ0n) is 21.5. The minimum Gasteiger partial charge on any atom is -0.385 e. The van der Waals surface area contributed by atoms with Gasteiger partial charge in [-0.25, -0.2) is 8.78 Å². The average Bonchev–Trinajstić information content (AvgIpc) is 2.86. The first-order chi connectivity index (χ1) is 16.9. The molecule has 0 fully saturated rings. The van der Waals surface area contributed by atoms with Crippen molar-refractivity contribution < 1.29 is 8.78 Å². The summed E-state index contributed by atoms with van der Waals surface area (Å²) in [7, 11) is 5.72. The van der Waals surface area contributed by atoms with Crippen LogP contribution in [-0.4, -0.2) is 59.2 Å². The molecule has 0 amide bonds. The fourth-order valence-electron chi connectivity index (χ4n) is 3.47. The fraction of sp³-hybridized carbons (Fsp3) is 0.357. The van der Waals surface area contributed by atoms with Gasteiger partial charge in [-0.05, 0) is 68.4 Å². The van der Waals surface area contributed by atoms with Crippen molar-refractivity contribution in [3.63, 3.8) is 0 Å². The first-order valence-electron chi connectivity index (χ1n) is 12.1. The lowest BCUT2D eigenvalue weighted by molar-refractivity contribution is 0.294. The van der Waals surface area contributed by atoms with E-state index in [9.17, 15) is 8.78 Å². The molecule has 0 heterocycles. The Morgan fingerprint density at radius 3 is 2.09 bits per heavy atom. The highest BCUT2D eigenvalue weighted by Crippen LogP contribution is 2.10. The number of nitrogens with zero attached hydrogens (tertiary/aromatic N) is 1. The van der Waals surface area contributed by atoms with Crippen molar-refractivity contribution in [2.24, 2.45) is 0 Å². The molecule has 0 bridgehead atoms. The van der Waals surface area contributed by atoms with E-state index in [2.05, 4.69) is 35.3 Å². The van der Waals surface area contributed by atoms with Gasteiger partial charge in [0.25, 0.3) is 0 Å².